The van der Waals surface area contributed by atoms with Gasteiger partial charge < -0.3 is 10.1 Å². The largest absolute Gasteiger partial charge is 0.492 e. The molecular formula is C16H17N3O. The van der Waals surface area contributed by atoms with E-state index in [0.717, 1.165) is 23.7 Å². The molecule has 2 heterocycles. The van der Waals surface area contributed by atoms with Gasteiger partial charge in [0, 0.05) is 36.1 Å². The number of fused-ring (bicyclic) bond motifs is 1. The van der Waals surface area contributed by atoms with Crippen molar-refractivity contribution < 1.29 is 4.74 Å². The molecule has 1 aliphatic heterocycles. The van der Waals surface area contributed by atoms with Gasteiger partial charge in [-0.15, -0.1) is 0 Å². The predicted octanol–water partition coefficient (Wildman–Crippen LogP) is 2.25. The second kappa shape index (κ2) is 4.87. The first-order valence-corrected chi connectivity index (χ1v) is 7.16. The van der Waals surface area contributed by atoms with Crippen LogP contribution >= 0.6 is 0 Å². The average Bonchev–Trinajstić information content (AvgIpc) is 3.23. The molecule has 20 heavy (non-hydrogen) atoms. The number of hydrogen-bond acceptors (Lipinski definition) is 4. The number of benzene rings is 1. The fourth-order valence-electron chi connectivity index (χ4n) is 2.56. The minimum Gasteiger partial charge on any atom is -0.492 e. The third kappa shape index (κ3) is 2.27. The topological polar surface area (TPSA) is 47.0 Å². The van der Waals surface area contributed by atoms with Crippen LogP contribution in [-0.2, 0) is 6.54 Å². The van der Waals surface area contributed by atoms with Crippen molar-refractivity contribution in [2.45, 2.75) is 31.3 Å². The third-order valence-corrected chi connectivity index (χ3v) is 3.91. The predicted molar refractivity (Wildman–Crippen MR) is 75.7 cm³/mol. The van der Waals surface area contributed by atoms with Gasteiger partial charge >= 0.3 is 0 Å². The van der Waals surface area contributed by atoms with Crippen molar-refractivity contribution in [1.82, 2.24) is 15.3 Å². The second-order valence-corrected chi connectivity index (χ2v) is 5.51. The Hall–Kier alpha value is -1.94. The third-order valence-electron chi connectivity index (χ3n) is 3.91. The van der Waals surface area contributed by atoms with Crippen molar-refractivity contribution in [3.05, 3.63) is 53.6 Å². The summed E-state index contributed by atoms with van der Waals surface area (Å²) in [5, 5.41) is 3.47. The Morgan fingerprint density at radius 3 is 2.75 bits per heavy atom. The normalized spacial score (nSPS) is 20.5. The minimum atomic E-state index is 0.164. The zero-order chi connectivity index (χ0) is 13.4. The summed E-state index contributed by atoms with van der Waals surface area (Å²) in [5.41, 5.74) is 2.34. The molecule has 0 saturated heterocycles. The maximum Gasteiger partial charge on any atom is 0.139 e. The average molecular weight is 267 g/mol. The molecular weight excluding hydrogens is 250 g/mol. The fourth-order valence-corrected chi connectivity index (χ4v) is 2.56. The molecule has 1 aromatic heterocycles. The monoisotopic (exact) mass is 267 g/mol. The highest BCUT2D eigenvalue weighted by molar-refractivity contribution is 5.42. The summed E-state index contributed by atoms with van der Waals surface area (Å²) in [4.78, 5) is 9.05. The Bertz CT molecular complexity index is 607. The van der Waals surface area contributed by atoms with Gasteiger partial charge in [-0.3, -0.25) is 0 Å². The van der Waals surface area contributed by atoms with E-state index in [0.29, 0.717) is 12.6 Å². The number of rotatable bonds is 4. The van der Waals surface area contributed by atoms with Crippen LogP contribution in [0.25, 0.3) is 0 Å². The molecule has 2 aliphatic rings. The highest BCUT2D eigenvalue weighted by Crippen LogP contribution is 2.36. The van der Waals surface area contributed by atoms with Crippen LogP contribution in [0.1, 0.15) is 35.7 Å². The second-order valence-electron chi connectivity index (χ2n) is 5.51. The van der Waals surface area contributed by atoms with E-state index in [9.17, 15) is 0 Å². The number of para-hydroxylation sites is 1. The summed E-state index contributed by atoms with van der Waals surface area (Å²) in [6.45, 7) is 1.50. The summed E-state index contributed by atoms with van der Waals surface area (Å²) < 4.78 is 5.69. The Morgan fingerprint density at radius 1 is 1.15 bits per heavy atom. The number of aromatic nitrogens is 2. The first kappa shape index (κ1) is 11.9. The zero-order valence-electron chi connectivity index (χ0n) is 11.2. The summed E-state index contributed by atoms with van der Waals surface area (Å²) in [5.74, 6) is 1.97. The molecule has 1 atom stereocenters. The highest BCUT2D eigenvalue weighted by Gasteiger charge is 2.27. The number of ether oxygens (including phenoxy) is 1. The SMILES string of the molecule is c1ccc2c(c1)OCC2c1ncc(CNC2CC2)cn1. The lowest BCUT2D eigenvalue weighted by Crippen LogP contribution is -2.16. The molecule has 1 saturated carbocycles. The molecule has 1 aromatic carbocycles. The summed E-state index contributed by atoms with van der Waals surface area (Å²) in [6.07, 6.45) is 6.46. The number of hydrogen-bond donors (Lipinski definition) is 1. The summed E-state index contributed by atoms with van der Waals surface area (Å²) in [7, 11) is 0. The van der Waals surface area contributed by atoms with Crippen LogP contribution < -0.4 is 10.1 Å². The molecule has 4 nitrogen and oxygen atoms in total. The number of nitrogens with one attached hydrogen (secondary N) is 1. The maximum atomic E-state index is 5.69. The van der Waals surface area contributed by atoms with Gasteiger partial charge in [-0.05, 0) is 18.9 Å². The molecule has 0 spiro atoms. The van der Waals surface area contributed by atoms with E-state index in [1.807, 2.05) is 30.6 Å². The van der Waals surface area contributed by atoms with Gasteiger partial charge in [0.1, 0.15) is 18.2 Å². The van der Waals surface area contributed by atoms with E-state index in [2.05, 4.69) is 21.4 Å². The van der Waals surface area contributed by atoms with Crippen LogP contribution in [0.2, 0.25) is 0 Å². The molecule has 1 N–H and O–H groups in total. The van der Waals surface area contributed by atoms with Gasteiger partial charge in [-0.2, -0.15) is 0 Å². The number of nitrogens with zero attached hydrogens (tertiary/aromatic N) is 2. The Labute approximate surface area is 118 Å². The Morgan fingerprint density at radius 2 is 1.95 bits per heavy atom. The lowest BCUT2D eigenvalue weighted by Gasteiger charge is -2.08. The van der Waals surface area contributed by atoms with Crippen molar-refractivity contribution in [2.24, 2.45) is 0 Å². The van der Waals surface area contributed by atoms with E-state index < -0.39 is 0 Å². The summed E-state index contributed by atoms with van der Waals surface area (Å²) >= 11 is 0. The lowest BCUT2D eigenvalue weighted by molar-refractivity contribution is 0.339. The standard InChI is InChI=1S/C16H17N3O/c1-2-4-15-13(3-1)14(10-20-15)16-18-8-11(9-19-16)7-17-12-5-6-12/h1-4,8-9,12,14,17H,5-7,10H2. The van der Waals surface area contributed by atoms with Crippen LogP contribution in [0.4, 0.5) is 0 Å². The van der Waals surface area contributed by atoms with Crippen molar-refractivity contribution in [1.29, 1.82) is 0 Å². The Balaban J connectivity index is 1.51. The van der Waals surface area contributed by atoms with Crippen LogP contribution in [-0.4, -0.2) is 22.6 Å². The van der Waals surface area contributed by atoms with E-state index in [4.69, 9.17) is 4.74 Å². The molecule has 102 valence electrons. The van der Waals surface area contributed by atoms with E-state index in [1.165, 1.54) is 18.4 Å². The van der Waals surface area contributed by atoms with Crippen LogP contribution in [0.5, 0.6) is 5.75 Å². The smallest absolute Gasteiger partial charge is 0.139 e. The van der Waals surface area contributed by atoms with Gasteiger partial charge in [0.15, 0.2) is 0 Å². The van der Waals surface area contributed by atoms with Gasteiger partial charge in [-0.1, -0.05) is 18.2 Å². The molecule has 1 fully saturated rings. The Kier molecular flexibility index (Phi) is 2.89. The minimum absolute atomic E-state index is 0.164. The van der Waals surface area contributed by atoms with Gasteiger partial charge in [0.25, 0.3) is 0 Å². The van der Waals surface area contributed by atoms with Crippen LogP contribution in [0, 0.1) is 0 Å². The quantitative estimate of drug-likeness (QED) is 0.923. The van der Waals surface area contributed by atoms with Crippen molar-refractivity contribution >= 4 is 0 Å². The van der Waals surface area contributed by atoms with Crippen molar-refractivity contribution in [2.75, 3.05) is 6.61 Å². The van der Waals surface area contributed by atoms with E-state index in [-0.39, 0.29) is 5.92 Å². The van der Waals surface area contributed by atoms with Crippen molar-refractivity contribution in [3.8, 4) is 5.75 Å². The molecule has 1 aliphatic carbocycles. The van der Waals surface area contributed by atoms with E-state index >= 15 is 0 Å². The van der Waals surface area contributed by atoms with Crippen molar-refractivity contribution in [3.63, 3.8) is 0 Å². The first-order chi connectivity index (χ1) is 9.90. The zero-order valence-corrected chi connectivity index (χ0v) is 11.2. The van der Waals surface area contributed by atoms with E-state index in [1.54, 1.807) is 0 Å². The molecule has 4 heteroatoms. The molecule has 0 amide bonds. The maximum absolute atomic E-state index is 5.69. The first-order valence-electron chi connectivity index (χ1n) is 7.16. The molecule has 1 unspecified atom stereocenters. The van der Waals surface area contributed by atoms with Gasteiger partial charge in [0.05, 0.1) is 5.92 Å². The molecule has 0 bridgehead atoms. The van der Waals surface area contributed by atoms with Gasteiger partial charge in [0.2, 0.25) is 0 Å². The van der Waals surface area contributed by atoms with Crippen LogP contribution in [0.3, 0.4) is 0 Å². The molecule has 2 aromatic rings. The summed E-state index contributed by atoms with van der Waals surface area (Å²) in [6, 6.07) is 8.84. The lowest BCUT2D eigenvalue weighted by atomic mass is 10.0. The van der Waals surface area contributed by atoms with Crippen LogP contribution in [0.15, 0.2) is 36.7 Å². The fraction of sp³-hybridized carbons (Fsp3) is 0.375. The molecule has 0 radical (unpaired) electrons. The van der Waals surface area contributed by atoms with Gasteiger partial charge in [-0.25, -0.2) is 9.97 Å². The molecule has 4 rings (SSSR count). The highest BCUT2D eigenvalue weighted by atomic mass is 16.5.